The maximum absolute atomic E-state index is 12.1. The molecule has 1 aromatic heterocycles. The zero-order valence-corrected chi connectivity index (χ0v) is 12.1. The van der Waals surface area contributed by atoms with Gasteiger partial charge in [-0.3, -0.25) is 0 Å². The van der Waals surface area contributed by atoms with Crippen LogP contribution in [0.3, 0.4) is 0 Å². The maximum atomic E-state index is 12.1. The summed E-state index contributed by atoms with van der Waals surface area (Å²) in [5.74, 6) is 1.05. The summed E-state index contributed by atoms with van der Waals surface area (Å²) < 4.78 is 28.4. The normalized spacial score (nSPS) is 13.0. The van der Waals surface area contributed by atoms with E-state index < -0.39 is 15.6 Å². The Labute approximate surface area is 107 Å². The third-order valence-electron chi connectivity index (χ3n) is 2.49. The van der Waals surface area contributed by atoms with Crippen molar-refractivity contribution < 1.29 is 8.42 Å². The van der Waals surface area contributed by atoms with Crippen LogP contribution >= 0.6 is 11.6 Å². The molecule has 0 atom stereocenters. The van der Waals surface area contributed by atoms with Gasteiger partial charge in [-0.1, -0.05) is 0 Å². The first-order valence-electron chi connectivity index (χ1n) is 5.28. The number of aryl methyl sites for hydroxylation is 2. The Morgan fingerprint density at radius 2 is 2.12 bits per heavy atom. The topological polar surface area (TPSA) is 64.0 Å². The highest BCUT2D eigenvalue weighted by Crippen LogP contribution is 2.15. The standard InChI is InChI=1S/C10H18ClN3O2S/c1-8-12-9(7-14(8)4)17(15,16)13-10(2,3)5-6-11/h7,13H,5-6H2,1-4H3. The number of aromatic nitrogens is 2. The summed E-state index contributed by atoms with van der Waals surface area (Å²) >= 11 is 5.64. The lowest BCUT2D eigenvalue weighted by Gasteiger charge is -2.24. The predicted molar refractivity (Wildman–Crippen MR) is 67.7 cm³/mol. The van der Waals surface area contributed by atoms with Gasteiger partial charge in [-0.2, -0.15) is 0 Å². The lowest BCUT2D eigenvalue weighted by molar-refractivity contribution is 0.440. The van der Waals surface area contributed by atoms with Crippen LogP contribution in [0.2, 0.25) is 0 Å². The Hall–Kier alpha value is -0.590. The number of nitrogens with zero attached hydrogens (tertiary/aromatic N) is 2. The molecule has 0 spiro atoms. The SMILES string of the molecule is Cc1nc(S(=O)(=O)NC(C)(C)CCCl)cn1C. The van der Waals surface area contributed by atoms with Crippen LogP contribution in [-0.4, -0.2) is 29.4 Å². The van der Waals surface area contributed by atoms with Crippen LogP contribution in [0.1, 0.15) is 26.1 Å². The molecule has 0 aliphatic carbocycles. The fraction of sp³-hybridized carbons (Fsp3) is 0.700. The fourth-order valence-electron chi connectivity index (χ4n) is 1.36. The zero-order valence-electron chi connectivity index (χ0n) is 10.5. The molecule has 0 fully saturated rings. The molecule has 1 N–H and O–H groups in total. The molecule has 1 heterocycles. The van der Waals surface area contributed by atoms with Gasteiger partial charge in [0.2, 0.25) is 0 Å². The quantitative estimate of drug-likeness (QED) is 0.829. The van der Waals surface area contributed by atoms with E-state index in [9.17, 15) is 8.42 Å². The molecule has 0 unspecified atom stereocenters. The maximum Gasteiger partial charge on any atom is 0.260 e. The van der Waals surface area contributed by atoms with Gasteiger partial charge in [0, 0.05) is 24.7 Å². The molecule has 5 nitrogen and oxygen atoms in total. The van der Waals surface area contributed by atoms with Gasteiger partial charge < -0.3 is 4.57 Å². The first-order chi connectivity index (χ1) is 7.68. The molecule has 0 aromatic carbocycles. The van der Waals surface area contributed by atoms with Gasteiger partial charge in [-0.05, 0) is 27.2 Å². The van der Waals surface area contributed by atoms with Crippen molar-refractivity contribution in [1.82, 2.24) is 14.3 Å². The van der Waals surface area contributed by atoms with E-state index in [0.29, 0.717) is 18.1 Å². The lowest BCUT2D eigenvalue weighted by Crippen LogP contribution is -2.43. The van der Waals surface area contributed by atoms with E-state index >= 15 is 0 Å². The first-order valence-corrected chi connectivity index (χ1v) is 7.29. The molecular formula is C10H18ClN3O2S. The molecule has 0 aliphatic rings. The minimum Gasteiger partial charge on any atom is -0.337 e. The number of hydrogen-bond acceptors (Lipinski definition) is 3. The van der Waals surface area contributed by atoms with Crippen LogP contribution < -0.4 is 4.72 Å². The monoisotopic (exact) mass is 279 g/mol. The molecule has 0 amide bonds. The number of sulfonamides is 1. The Morgan fingerprint density at radius 3 is 2.53 bits per heavy atom. The number of halogens is 1. The molecule has 17 heavy (non-hydrogen) atoms. The van der Waals surface area contributed by atoms with Gasteiger partial charge in [-0.15, -0.1) is 11.6 Å². The van der Waals surface area contributed by atoms with Crippen LogP contribution in [0.25, 0.3) is 0 Å². The highest BCUT2D eigenvalue weighted by Gasteiger charge is 2.27. The molecule has 7 heteroatoms. The minimum absolute atomic E-state index is 0.0418. The smallest absolute Gasteiger partial charge is 0.260 e. The van der Waals surface area contributed by atoms with Crippen molar-refractivity contribution in [2.24, 2.45) is 7.05 Å². The van der Waals surface area contributed by atoms with E-state index in [1.807, 2.05) is 0 Å². The molecule has 98 valence electrons. The summed E-state index contributed by atoms with van der Waals surface area (Å²) in [7, 11) is -1.83. The largest absolute Gasteiger partial charge is 0.337 e. The van der Waals surface area contributed by atoms with E-state index in [1.165, 1.54) is 6.20 Å². The van der Waals surface area contributed by atoms with E-state index in [4.69, 9.17) is 11.6 Å². The minimum atomic E-state index is -3.58. The second-order valence-electron chi connectivity index (χ2n) is 4.67. The third kappa shape index (κ3) is 3.69. The second kappa shape index (κ2) is 4.96. The average molecular weight is 280 g/mol. The number of alkyl halides is 1. The summed E-state index contributed by atoms with van der Waals surface area (Å²) in [5.41, 5.74) is -0.577. The van der Waals surface area contributed by atoms with Crippen LogP contribution in [-0.2, 0) is 17.1 Å². The highest BCUT2D eigenvalue weighted by atomic mass is 35.5. The van der Waals surface area contributed by atoms with Gasteiger partial charge in [0.1, 0.15) is 5.82 Å². The summed E-state index contributed by atoms with van der Waals surface area (Å²) in [6, 6.07) is 0. The van der Waals surface area contributed by atoms with Crippen LogP contribution in [0.15, 0.2) is 11.2 Å². The van der Waals surface area contributed by atoms with E-state index in [-0.39, 0.29) is 5.03 Å². The number of imidazole rings is 1. The molecule has 1 rings (SSSR count). The van der Waals surface area contributed by atoms with Crippen molar-refractivity contribution in [3.8, 4) is 0 Å². The zero-order chi connectivity index (χ0) is 13.3. The van der Waals surface area contributed by atoms with Gasteiger partial charge in [0.15, 0.2) is 5.03 Å². The summed E-state index contributed by atoms with van der Waals surface area (Å²) in [5, 5.41) is 0.0418. The molecule has 1 aromatic rings. The summed E-state index contributed by atoms with van der Waals surface area (Å²) in [4.78, 5) is 4.01. The van der Waals surface area contributed by atoms with Crippen LogP contribution in [0.5, 0.6) is 0 Å². The van der Waals surface area contributed by atoms with E-state index in [2.05, 4.69) is 9.71 Å². The Kier molecular flexibility index (Phi) is 4.22. The summed E-state index contributed by atoms with van der Waals surface area (Å²) in [6.45, 7) is 5.34. The van der Waals surface area contributed by atoms with Crippen LogP contribution in [0.4, 0.5) is 0 Å². The number of rotatable bonds is 5. The van der Waals surface area contributed by atoms with Crippen molar-refractivity contribution in [3.63, 3.8) is 0 Å². The van der Waals surface area contributed by atoms with E-state index in [1.54, 1.807) is 32.4 Å². The van der Waals surface area contributed by atoms with Crippen molar-refractivity contribution in [3.05, 3.63) is 12.0 Å². The average Bonchev–Trinajstić information content (AvgIpc) is 2.45. The third-order valence-corrected chi connectivity index (χ3v) is 4.25. The molecule has 0 bridgehead atoms. The van der Waals surface area contributed by atoms with Crippen molar-refractivity contribution in [1.29, 1.82) is 0 Å². The number of nitrogens with one attached hydrogen (secondary N) is 1. The Bertz CT molecular complexity index is 474. The van der Waals surface area contributed by atoms with Gasteiger partial charge in [-0.25, -0.2) is 18.1 Å². The van der Waals surface area contributed by atoms with E-state index in [0.717, 1.165) is 0 Å². The van der Waals surface area contributed by atoms with Crippen LogP contribution in [0, 0.1) is 6.92 Å². The molecule has 0 saturated heterocycles. The Morgan fingerprint density at radius 1 is 1.53 bits per heavy atom. The summed E-state index contributed by atoms with van der Waals surface area (Å²) in [6.07, 6.45) is 2.05. The molecule has 0 saturated carbocycles. The second-order valence-corrected chi connectivity index (χ2v) is 6.67. The first kappa shape index (κ1) is 14.5. The Balaban J connectivity index is 2.97. The lowest BCUT2D eigenvalue weighted by atomic mass is 10.0. The van der Waals surface area contributed by atoms with Gasteiger partial charge >= 0.3 is 0 Å². The van der Waals surface area contributed by atoms with Gasteiger partial charge in [0.25, 0.3) is 10.0 Å². The molecule has 0 radical (unpaired) electrons. The molecular weight excluding hydrogens is 262 g/mol. The van der Waals surface area contributed by atoms with Gasteiger partial charge in [0.05, 0.1) is 0 Å². The van der Waals surface area contributed by atoms with Crippen molar-refractivity contribution >= 4 is 21.6 Å². The fourth-order valence-corrected chi connectivity index (χ4v) is 3.31. The predicted octanol–water partition coefficient (Wildman–Crippen LogP) is 1.41. The number of hydrogen-bond donors (Lipinski definition) is 1. The van der Waals surface area contributed by atoms with Crippen molar-refractivity contribution in [2.75, 3.05) is 5.88 Å². The van der Waals surface area contributed by atoms with Crippen molar-refractivity contribution in [2.45, 2.75) is 37.8 Å². The highest BCUT2D eigenvalue weighted by molar-refractivity contribution is 7.89. The molecule has 0 aliphatic heterocycles.